The maximum absolute atomic E-state index is 11.0. The van der Waals surface area contributed by atoms with E-state index in [1.807, 2.05) is 17.5 Å². The van der Waals surface area contributed by atoms with E-state index in [4.69, 9.17) is 9.15 Å². The van der Waals surface area contributed by atoms with Crippen LogP contribution in [0.15, 0.2) is 34.1 Å². The van der Waals surface area contributed by atoms with E-state index in [0.717, 1.165) is 10.6 Å². The van der Waals surface area contributed by atoms with Crippen LogP contribution in [-0.4, -0.2) is 5.97 Å². The summed E-state index contributed by atoms with van der Waals surface area (Å²) >= 11 is 1.58. The second-order valence-corrected chi connectivity index (χ2v) is 3.87. The third-order valence-corrected chi connectivity index (χ3v) is 2.73. The van der Waals surface area contributed by atoms with Crippen molar-refractivity contribution in [2.75, 3.05) is 0 Å². The molecule has 0 saturated heterocycles. The van der Waals surface area contributed by atoms with E-state index < -0.39 is 0 Å². The van der Waals surface area contributed by atoms with Gasteiger partial charge in [-0.3, -0.25) is 4.79 Å². The molecule has 3 nitrogen and oxygen atoms in total. The fraction of sp³-hybridized carbons (Fsp3) is 0.182. The van der Waals surface area contributed by atoms with E-state index in [1.165, 1.54) is 0 Å². The molecule has 0 aliphatic carbocycles. The molecule has 0 aliphatic heterocycles. The highest BCUT2D eigenvalue weighted by molar-refractivity contribution is 7.13. The topological polar surface area (TPSA) is 39.4 Å². The van der Waals surface area contributed by atoms with E-state index in [9.17, 15) is 4.79 Å². The number of rotatable bonds is 3. The zero-order chi connectivity index (χ0) is 10.7. The standard InChI is InChI=1S/C11H10O3S/c1-2-10(12)14-11-6-5-8(13-11)9-4-3-7-15-9/h3-7H,2H2,1H3. The highest BCUT2D eigenvalue weighted by atomic mass is 32.1. The van der Waals surface area contributed by atoms with Crippen LogP contribution in [0.25, 0.3) is 10.6 Å². The Morgan fingerprint density at radius 2 is 2.33 bits per heavy atom. The van der Waals surface area contributed by atoms with Crippen LogP contribution in [0.2, 0.25) is 0 Å². The van der Waals surface area contributed by atoms with Gasteiger partial charge < -0.3 is 9.15 Å². The Morgan fingerprint density at radius 3 is 3.00 bits per heavy atom. The molecule has 0 unspecified atom stereocenters. The number of carbonyl (C=O) groups is 1. The SMILES string of the molecule is CCC(=O)Oc1ccc(-c2cccs2)o1. The summed E-state index contributed by atoms with van der Waals surface area (Å²) in [7, 11) is 0. The fourth-order valence-corrected chi connectivity index (χ4v) is 1.80. The zero-order valence-electron chi connectivity index (χ0n) is 8.23. The molecule has 4 heteroatoms. The van der Waals surface area contributed by atoms with Gasteiger partial charge in [0.2, 0.25) is 0 Å². The number of furan rings is 1. The Hall–Kier alpha value is -1.55. The molecule has 15 heavy (non-hydrogen) atoms. The van der Waals surface area contributed by atoms with E-state index in [2.05, 4.69) is 0 Å². The van der Waals surface area contributed by atoms with Crippen LogP contribution in [0.1, 0.15) is 13.3 Å². The van der Waals surface area contributed by atoms with E-state index in [1.54, 1.807) is 30.4 Å². The van der Waals surface area contributed by atoms with Crippen molar-refractivity contribution < 1.29 is 13.9 Å². The quantitative estimate of drug-likeness (QED) is 0.748. The van der Waals surface area contributed by atoms with Crippen molar-refractivity contribution in [1.29, 1.82) is 0 Å². The minimum Gasteiger partial charge on any atom is -0.424 e. The Labute approximate surface area is 91.3 Å². The van der Waals surface area contributed by atoms with Crippen molar-refractivity contribution in [3.63, 3.8) is 0 Å². The van der Waals surface area contributed by atoms with Gasteiger partial charge in [-0.1, -0.05) is 13.0 Å². The van der Waals surface area contributed by atoms with Crippen molar-refractivity contribution in [2.24, 2.45) is 0 Å². The zero-order valence-corrected chi connectivity index (χ0v) is 9.04. The molecule has 0 bridgehead atoms. The molecule has 0 amide bonds. The molecule has 2 aromatic heterocycles. The Balaban J connectivity index is 2.14. The molecule has 2 rings (SSSR count). The smallest absolute Gasteiger partial charge is 0.313 e. The van der Waals surface area contributed by atoms with E-state index in [0.29, 0.717) is 6.42 Å². The van der Waals surface area contributed by atoms with Crippen LogP contribution in [0, 0.1) is 0 Å². The molecule has 2 heterocycles. The highest BCUT2D eigenvalue weighted by Crippen LogP contribution is 2.29. The number of hydrogen-bond acceptors (Lipinski definition) is 4. The van der Waals surface area contributed by atoms with Gasteiger partial charge in [0.1, 0.15) is 5.76 Å². The lowest BCUT2D eigenvalue weighted by atomic mass is 10.4. The summed E-state index contributed by atoms with van der Waals surface area (Å²) in [6, 6.07) is 7.35. The van der Waals surface area contributed by atoms with Gasteiger partial charge in [-0.2, -0.15) is 0 Å². The Morgan fingerprint density at radius 1 is 1.47 bits per heavy atom. The number of thiophene rings is 1. The highest BCUT2D eigenvalue weighted by Gasteiger charge is 2.08. The van der Waals surface area contributed by atoms with Gasteiger partial charge in [-0.25, -0.2) is 0 Å². The van der Waals surface area contributed by atoms with Crippen LogP contribution in [0.5, 0.6) is 5.95 Å². The van der Waals surface area contributed by atoms with E-state index in [-0.39, 0.29) is 11.9 Å². The average Bonchev–Trinajstić information content (AvgIpc) is 2.85. The summed E-state index contributed by atoms with van der Waals surface area (Å²) in [5.41, 5.74) is 0. The summed E-state index contributed by atoms with van der Waals surface area (Å²) in [6.07, 6.45) is 0.342. The number of ether oxygens (including phenoxy) is 1. The normalized spacial score (nSPS) is 10.2. The Kier molecular flexibility index (Phi) is 2.87. The number of hydrogen-bond donors (Lipinski definition) is 0. The second-order valence-electron chi connectivity index (χ2n) is 2.92. The number of esters is 1. The average molecular weight is 222 g/mol. The lowest BCUT2D eigenvalue weighted by Gasteiger charge is -1.96. The predicted molar refractivity (Wildman–Crippen MR) is 57.9 cm³/mol. The molecule has 0 atom stereocenters. The van der Waals surface area contributed by atoms with Crippen LogP contribution >= 0.6 is 11.3 Å². The minimum atomic E-state index is -0.290. The molecule has 0 aliphatic rings. The van der Waals surface area contributed by atoms with Crippen molar-refractivity contribution in [1.82, 2.24) is 0 Å². The first-order valence-electron chi connectivity index (χ1n) is 4.64. The molecular formula is C11H10O3S. The van der Waals surface area contributed by atoms with Crippen molar-refractivity contribution >= 4 is 17.3 Å². The fourth-order valence-electron chi connectivity index (χ4n) is 1.11. The largest absolute Gasteiger partial charge is 0.424 e. The molecule has 0 radical (unpaired) electrons. The van der Waals surface area contributed by atoms with Crippen molar-refractivity contribution in [3.05, 3.63) is 29.6 Å². The van der Waals surface area contributed by atoms with Gasteiger partial charge in [0.05, 0.1) is 4.88 Å². The molecule has 0 N–H and O–H groups in total. The summed E-state index contributed by atoms with van der Waals surface area (Å²) in [5.74, 6) is 0.691. The first-order chi connectivity index (χ1) is 7.29. The minimum absolute atomic E-state index is 0.255. The van der Waals surface area contributed by atoms with Crippen molar-refractivity contribution in [2.45, 2.75) is 13.3 Å². The van der Waals surface area contributed by atoms with Crippen LogP contribution in [0.4, 0.5) is 0 Å². The molecule has 2 aromatic rings. The maximum Gasteiger partial charge on any atom is 0.313 e. The molecular weight excluding hydrogens is 212 g/mol. The third-order valence-electron chi connectivity index (χ3n) is 1.85. The van der Waals surface area contributed by atoms with Crippen molar-refractivity contribution in [3.8, 4) is 16.6 Å². The summed E-state index contributed by atoms with van der Waals surface area (Å²) < 4.78 is 10.3. The van der Waals surface area contributed by atoms with Gasteiger partial charge in [-0.05, 0) is 17.5 Å². The van der Waals surface area contributed by atoms with Gasteiger partial charge in [-0.15, -0.1) is 11.3 Å². The van der Waals surface area contributed by atoms with Gasteiger partial charge >= 0.3 is 5.97 Å². The summed E-state index contributed by atoms with van der Waals surface area (Å²) in [4.78, 5) is 12.0. The first kappa shape index (κ1) is 9.98. The van der Waals surface area contributed by atoms with Gasteiger partial charge in [0.15, 0.2) is 0 Å². The predicted octanol–water partition coefficient (Wildman–Crippen LogP) is 3.32. The molecule has 0 fully saturated rings. The number of carbonyl (C=O) groups excluding carboxylic acids is 1. The first-order valence-corrected chi connectivity index (χ1v) is 5.52. The molecule has 0 aromatic carbocycles. The molecule has 0 spiro atoms. The molecule has 78 valence electrons. The van der Waals surface area contributed by atoms with Gasteiger partial charge in [0.25, 0.3) is 5.95 Å². The van der Waals surface area contributed by atoms with Crippen LogP contribution in [0.3, 0.4) is 0 Å². The monoisotopic (exact) mass is 222 g/mol. The summed E-state index contributed by atoms with van der Waals surface area (Å²) in [6.45, 7) is 1.74. The summed E-state index contributed by atoms with van der Waals surface area (Å²) in [5, 5.41) is 1.97. The maximum atomic E-state index is 11.0. The van der Waals surface area contributed by atoms with Gasteiger partial charge in [0, 0.05) is 12.5 Å². The molecule has 0 saturated carbocycles. The van der Waals surface area contributed by atoms with E-state index >= 15 is 0 Å². The van der Waals surface area contributed by atoms with Crippen LogP contribution < -0.4 is 4.74 Å². The Bertz CT molecular complexity index is 442. The van der Waals surface area contributed by atoms with Crippen LogP contribution in [-0.2, 0) is 4.79 Å². The lowest BCUT2D eigenvalue weighted by molar-refractivity contribution is -0.135. The third kappa shape index (κ3) is 2.27. The lowest BCUT2D eigenvalue weighted by Crippen LogP contribution is -2.04. The second kappa shape index (κ2) is 4.31.